The Kier molecular flexibility index (Phi) is 7.70. The number of fused-ring (bicyclic) bond motifs is 1. The molecule has 0 aliphatic carbocycles. The van der Waals surface area contributed by atoms with Gasteiger partial charge in [-0.1, -0.05) is 41.6 Å². The molecule has 4 rings (SSSR count). The lowest BCUT2D eigenvalue weighted by Gasteiger charge is -2.33. The van der Waals surface area contributed by atoms with E-state index in [1.165, 1.54) is 41.0 Å². The molecule has 36 heavy (non-hydrogen) atoms. The van der Waals surface area contributed by atoms with Crippen molar-refractivity contribution in [2.75, 3.05) is 25.2 Å². The Hall–Kier alpha value is -4.11. The third kappa shape index (κ3) is 5.41. The SMILES string of the molecule is COCCNC(=O)[C@@H](c1ccc(F)cc1)N(C(=O)Cn1nnc2ccccc21)c1cc(C)ccc1C. The summed E-state index contributed by atoms with van der Waals surface area (Å²) in [6.07, 6.45) is 0. The molecule has 1 N–H and O–H groups in total. The highest BCUT2D eigenvalue weighted by molar-refractivity contribution is 6.02. The van der Waals surface area contributed by atoms with E-state index >= 15 is 0 Å². The highest BCUT2D eigenvalue weighted by Crippen LogP contribution is 2.32. The quantitative estimate of drug-likeness (QED) is 0.362. The smallest absolute Gasteiger partial charge is 0.249 e. The van der Waals surface area contributed by atoms with Crippen LogP contribution in [-0.2, 0) is 20.9 Å². The Balaban J connectivity index is 1.81. The van der Waals surface area contributed by atoms with Gasteiger partial charge in [0.1, 0.15) is 23.9 Å². The van der Waals surface area contributed by atoms with Gasteiger partial charge in [0.2, 0.25) is 11.8 Å². The zero-order valence-electron chi connectivity index (χ0n) is 20.4. The summed E-state index contributed by atoms with van der Waals surface area (Å²) in [6.45, 7) is 4.23. The first kappa shape index (κ1) is 25.0. The summed E-state index contributed by atoms with van der Waals surface area (Å²) in [5.74, 6) is -1.21. The largest absolute Gasteiger partial charge is 0.383 e. The summed E-state index contributed by atoms with van der Waals surface area (Å²) < 4.78 is 20.4. The molecule has 0 unspecified atom stereocenters. The maximum atomic E-state index is 14.0. The molecule has 186 valence electrons. The van der Waals surface area contributed by atoms with Gasteiger partial charge in [0.25, 0.3) is 0 Å². The molecule has 8 nitrogen and oxygen atoms in total. The number of benzene rings is 3. The fourth-order valence-corrected chi connectivity index (χ4v) is 4.07. The number of aromatic nitrogens is 3. The van der Waals surface area contributed by atoms with Crippen molar-refractivity contribution in [3.8, 4) is 0 Å². The van der Waals surface area contributed by atoms with Crippen molar-refractivity contribution in [1.29, 1.82) is 0 Å². The molecule has 3 aromatic carbocycles. The van der Waals surface area contributed by atoms with Crippen molar-refractivity contribution in [3.63, 3.8) is 0 Å². The number of hydrogen-bond donors (Lipinski definition) is 1. The van der Waals surface area contributed by atoms with E-state index in [0.717, 1.165) is 11.1 Å². The summed E-state index contributed by atoms with van der Waals surface area (Å²) >= 11 is 0. The number of carbonyl (C=O) groups is 2. The number of nitrogens with zero attached hydrogens (tertiary/aromatic N) is 4. The van der Waals surface area contributed by atoms with Crippen molar-refractivity contribution in [1.82, 2.24) is 20.3 Å². The molecule has 4 aromatic rings. The van der Waals surface area contributed by atoms with Crippen LogP contribution in [0.1, 0.15) is 22.7 Å². The van der Waals surface area contributed by atoms with Crippen LogP contribution in [0.15, 0.2) is 66.7 Å². The van der Waals surface area contributed by atoms with Gasteiger partial charge in [0.05, 0.1) is 12.1 Å². The van der Waals surface area contributed by atoms with E-state index in [0.29, 0.717) is 28.9 Å². The van der Waals surface area contributed by atoms with Crippen LogP contribution in [0.2, 0.25) is 0 Å². The summed E-state index contributed by atoms with van der Waals surface area (Å²) in [4.78, 5) is 29.0. The van der Waals surface area contributed by atoms with Gasteiger partial charge in [-0.05, 0) is 60.9 Å². The second-order valence-corrected chi connectivity index (χ2v) is 8.53. The molecular formula is C27H28FN5O3. The standard InChI is InChI=1S/C27H28FN5O3/c1-18-8-9-19(2)24(16-18)33(25(34)17-32-23-7-5-4-6-22(23)30-31-32)26(27(35)29-14-15-36-3)20-10-12-21(28)13-11-20/h4-13,16,26H,14-15,17H2,1-3H3,(H,29,35)/t26-/m1/s1. The van der Waals surface area contributed by atoms with E-state index < -0.39 is 17.8 Å². The van der Waals surface area contributed by atoms with E-state index in [4.69, 9.17) is 4.74 Å². The number of methoxy groups -OCH3 is 1. The van der Waals surface area contributed by atoms with Gasteiger partial charge in [-0.2, -0.15) is 0 Å². The van der Waals surface area contributed by atoms with Crippen LogP contribution in [-0.4, -0.2) is 47.1 Å². The van der Waals surface area contributed by atoms with Crippen LogP contribution in [0, 0.1) is 19.7 Å². The lowest BCUT2D eigenvalue weighted by molar-refractivity contribution is -0.127. The van der Waals surface area contributed by atoms with Crippen molar-refractivity contribution in [3.05, 3.63) is 89.2 Å². The van der Waals surface area contributed by atoms with E-state index in [1.807, 2.05) is 56.3 Å². The first-order valence-electron chi connectivity index (χ1n) is 11.6. The Morgan fingerprint density at radius 2 is 1.83 bits per heavy atom. The summed E-state index contributed by atoms with van der Waals surface area (Å²) in [6, 6.07) is 17.6. The van der Waals surface area contributed by atoms with Crippen molar-refractivity contribution in [2.24, 2.45) is 0 Å². The topological polar surface area (TPSA) is 89.4 Å². The average Bonchev–Trinajstić information content (AvgIpc) is 3.27. The second kappa shape index (κ2) is 11.1. The molecule has 1 heterocycles. The maximum absolute atomic E-state index is 14.0. The van der Waals surface area contributed by atoms with Gasteiger partial charge in [0, 0.05) is 19.3 Å². The fraction of sp³-hybridized carbons (Fsp3) is 0.259. The molecule has 0 aliphatic heterocycles. The molecule has 1 aromatic heterocycles. The number of hydrogen-bond acceptors (Lipinski definition) is 5. The first-order chi connectivity index (χ1) is 17.4. The lowest BCUT2D eigenvalue weighted by atomic mass is 10.0. The van der Waals surface area contributed by atoms with Gasteiger partial charge in [-0.15, -0.1) is 5.10 Å². The molecule has 0 spiro atoms. The number of amides is 2. The van der Waals surface area contributed by atoms with E-state index in [9.17, 15) is 14.0 Å². The third-order valence-corrected chi connectivity index (χ3v) is 5.90. The molecular weight excluding hydrogens is 461 g/mol. The highest BCUT2D eigenvalue weighted by atomic mass is 19.1. The fourth-order valence-electron chi connectivity index (χ4n) is 4.07. The molecule has 0 fully saturated rings. The van der Waals surface area contributed by atoms with Gasteiger partial charge < -0.3 is 10.1 Å². The predicted octanol–water partition coefficient (Wildman–Crippen LogP) is 3.72. The van der Waals surface area contributed by atoms with Gasteiger partial charge in [0.15, 0.2) is 0 Å². The van der Waals surface area contributed by atoms with Gasteiger partial charge >= 0.3 is 0 Å². The number of aryl methyl sites for hydroxylation is 2. The van der Waals surface area contributed by atoms with E-state index in [1.54, 1.807) is 0 Å². The van der Waals surface area contributed by atoms with Crippen LogP contribution in [0.4, 0.5) is 10.1 Å². The zero-order chi connectivity index (χ0) is 25.7. The minimum absolute atomic E-state index is 0.142. The Morgan fingerprint density at radius 3 is 2.58 bits per heavy atom. The van der Waals surface area contributed by atoms with E-state index in [2.05, 4.69) is 15.6 Å². The second-order valence-electron chi connectivity index (χ2n) is 8.53. The molecule has 2 amide bonds. The van der Waals surface area contributed by atoms with Crippen LogP contribution in [0.5, 0.6) is 0 Å². The molecule has 9 heteroatoms. The predicted molar refractivity (Wildman–Crippen MR) is 135 cm³/mol. The zero-order valence-corrected chi connectivity index (χ0v) is 20.4. The lowest BCUT2D eigenvalue weighted by Crippen LogP contribution is -2.46. The third-order valence-electron chi connectivity index (χ3n) is 5.90. The number of rotatable bonds is 9. The highest BCUT2D eigenvalue weighted by Gasteiger charge is 2.34. The van der Waals surface area contributed by atoms with Crippen LogP contribution in [0.25, 0.3) is 11.0 Å². The molecule has 0 radical (unpaired) electrons. The number of halogens is 1. The number of para-hydroxylation sites is 1. The minimum atomic E-state index is -1.05. The van der Waals surface area contributed by atoms with Gasteiger partial charge in [-0.25, -0.2) is 9.07 Å². The van der Waals surface area contributed by atoms with Crippen molar-refractivity contribution < 1.29 is 18.7 Å². The maximum Gasteiger partial charge on any atom is 0.249 e. The normalized spacial score (nSPS) is 11.9. The Labute approximate surface area is 208 Å². The molecule has 0 saturated carbocycles. The Bertz CT molecular complexity index is 1370. The van der Waals surface area contributed by atoms with E-state index in [-0.39, 0.29) is 19.0 Å². The van der Waals surface area contributed by atoms with Crippen LogP contribution in [0.3, 0.4) is 0 Å². The monoisotopic (exact) mass is 489 g/mol. The van der Waals surface area contributed by atoms with Crippen molar-refractivity contribution in [2.45, 2.75) is 26.4 Å². The molecule has 0 bridgehead atoms. The summed E-state index contributed by atoms with van der Waals surface area (Å²) in [5.41, 5.74) is 4.17. The van der Waals surface area contributed by atoms with Crippen LogP contribution < -0.4 is 10.2 Å². The number of ether oxygens (including phenoxy) is 1. The number of nitrogens with one attached hydrogen (secondary N) is 1. The summed E-state index contributed by atoms with van der Waals surface area (Å²) in [7, 11) is 1.54. The van der Waals surface area contributed by atoms with Crippen molar-refractivity contribution >= 4 is 28.5 Å². The summed E-state index contributed by atoms with van der Waals surface area (Å²) in [5, 5.41) is 11.1. The molecule has 0 saturated heterocycles. The molecule has 1 atom stereocenters. The Morgan fingerprint density at radius 1 is 1.08 bits per heavy atom. The average molecular weight is 490 g/mol. The first-order valence-corrected chi connectivity index (χ1v) is 11.6. The minimum Gasteiger partial charge on any atom is -0.383 e. The van der Waals surface area contributed by atoms with Crippen LogP contribution >= 0.6 is 0 Å². The molecule has 0 aliphatic rings. The number of carbonyl (C=O) groups excluding carboxylic acids is 2. The van der Waals surface area contributed by atoms with Gasteiger partial charge in [-0.3, -0.25) is 14.5 Å². The number of anilines is 1.